The minimum atomic E-state index is -2.93. The molecule has 4 unspecified atom stereocenters. The number of imidazole rings is 1. The highest BCUT2D eigenvalue weighted by atomic mass is 35.5. The summed E-state index contributed by atoms with van der Waals surface area (Å²) in [4.78, 5) is 12.3. The van der Waals surface area contributed by atoms with Gasteiger partial charge in [-0.3, -0.25) is 0 Å². The van der Waals surface area contributed by atoms with Crippen LogP contribution in [0.25, 0.3) is 11.2 Å². The summed E-state index contributed by atoms with van der Waals surface area (Å²) >= 11 is 11.3. The van der Waals surface area contributed by atoms with E-state index in [1.165, 1.54) is 6.33 Å². The second kappa shape index (κ2) is 8.68. The van der Waals surface area contributed by atoms with Crippen molar-refractivity contribution < 1.29 is 23.8 Å². The van der Waals surface area contributed by atoms with E-state index in [1.54, 1.807) is 18.4 Å². The lowest BCUT2D eigenvalue weighted by Crippen LogP contribution is -2.37. The third kappa shape index (κ3) is 4.42. The first-order valence-corrected chi connectivity index (χ1v) is 12.1. The van der Waals surface area contributed by atoms with Gasteiger partial charge in [0.1, 0.15) is 11.6 Å². The van der Waals surface area contributed by atoms with Gasteiger partial charge in [0.2, 0.25) is 5.28 Å². The molecule has 0 aliphatic heterocycles. The number of aromatic nitrogens is 4. The molecule has 0 amide bonds. The Labute approximate surface area is 178 Å². The average molecular weight is 466 g/mol. The van der Waals surface area contributed by atoms with E-state index in [4.69, 9.17) is 42.7 Å². The molecule has 2 aromatic rings. The number of hydrogen-bond donors (Lipinski definition) is 3. The number of nitrogens with two attached hydrogens (primary N) is 1. The minimum absolute atomic E-state index is 0.0231. The SMILES string of the molecule is CCOP(=S)(OCC)OCC1(C)CC(n2cnc3c(N)nc(Cl)nc32)C(O)C1O. The minimum Gasteiger partial charge on any atom is -0.390 e. The quantitative estimate of drug-likeness (QED) is 0.392. The second-order valence-corrected chi connectivity index (χ2v) is 10.5. The molecule has 29 heavy (non-hydrogen) atoms. The lowest BCUT2D eigenvalue weighted by atomic mass is 9.87. The van der Waals surface area contributed by atoms with Gasteiger partial charge in [-0.1, -0.05) is 6.92 Å². The second-order valence-electron chi connectivity index (χ2n) is 7.12. The highest BCUT2D eigenvalue weighted by molar-refractivity contribution is 8.07. The lowest BCUT2D eigenvalue weighted by Gasteiger charge is -2.31. The molecule has 2 aromatic heterocycles. The standard InChI is InChI=1S/C16H25ClN5O5PS/c1-4-25-28(29,26-5-2)27-7-16(3)6-9(11(23)12(16)24)22-8-19-10-13(18)20-15(17)21-14(10)22/h8-9,11-12,23-24H,4-7H2,1-3H3,(H2,18,20,21). The highest BCUT2D eigenvalue weighted by Gasteiger charge is 2.51. The summed E-state index contributed by atoms with van der Waals surface area (Å²) < 4.78 is 18.5. The van der Waals surface area contributed by atoms with Crippen LogP contribution in [0.4, 0.5) is 5.82 Å². The van der Waals surface area contributed by atoms with Crippen molar-refractivity contribution in [3.05, 3.63) is 11.6 Å². The Morgan fingerprint density at radius 1 is 1.31 bits per heavy atom. The van der Waals surface area contributed by atoms with Crippen molar-refractivity contribution in [1.29, 1.82) is 0 Å². The largest absolute Gasteiger partial charge is 0.390 e. The van der Waals surface area contributed by atoms with Crippen molar-refractivity contribution in [2.24, 2.45) is 5.41 Å². The molecule has 4 N–H and O–H groups in total. The predicted molar refractivity (Wildman–Crippen MR) is 112 cm³/mol. The zero-order valence-electron chi connectivity index (χ0n) is 16.4. The van der Waals surface area contributed by atoms with Crippen molar-refractivity contribution in [1.82, 2.24) is 19.5 Å². The van der Waals surface area contributed by atoms with E-state index in [0.29, 0.717) is 30.8 Å². The maximum Gasteiger partial charge on any atom is 0.327 e. The zero-order chi connectivity index (χ0) is 21.4. The summed E-state index contributed by atoms with van der Waals surface area (Å²) in [6.45, 7) is 3.26. The van der Waals surface area contributed by atoms with Crippen LogP contribution in [0.2, 0.25) is 5.28 Å². The van der Waals surface area contributed by atoms with Crippen molar-refractivity contribution in [2.45, 2.75) is 45.4 Å². The summed E-state index contributed by atoms with van der Waals surface area (Å²) in [5.41, 5.74) is 5.82. The molecule has 1 aliphatic carbocycles. The van der Waals surface area contributed by atoms with Crippen molar-refractivity contribution in [3.8, 4) is 0 Å². The first-order chi connectivity index (χ1) is 13.6. The molecule has 10 nitrogen and oxygen atoms in total. The molecule has 0 radical (unpaired) electrons. The molecule has 3 rings (SSSR count). The first kappa shape index (κ1) is 22.8. The maximum absolute atomic E-state index is 10.8. The third-order valence-electron chi connectivity index (χ3n) is 5.01. The molecule has 162 valence electrons. The van der Waals surface area contributed by atoms with Gasteiger partial charge in [-0.25, -0.2) is 4.98 Å². The number of aliphatic hydroxyl groups excluding tert-OH is 2. The molecule has 0 saturated heterocycles. The van der Waals surface area contributed by atoms with Gasteiger partial charge in [-0.05, 0) is 43.7 Å². The molecular weight excluding hydrogens is 441 g/mol. The average Bonchev–Trinajstić information content (AvgIpc) is 3.16. The third-order valence-corrected chi connectivity index (χ3v) is 7.72. The van der Waals surface area contributed by atoms with Crippen LogP contribution < -0.4 is 5.73 Å². The van der Waals surface area contributed by atoms with E-state index in [1.807, 2.05) is 6.92 Å². The van der Waals surface area contributed by atoms with Gasteiger partial charge in [-0.15, -0.1) is 0 Å². The number of aliphatic hydroxyl groups is 2. The summed E-state index contributed by atoms with van der Waals surface area (Å²) in [7, 11) is 0. The number of nitrogen functional groups attached to an aromatic ring is 1. The van der Waals surface area contributed by atoms with Crippen LogP contribution in [0.15, 0.2) is 6.33 Å². The topological polar surface area (TPSA) is 138 Å². The fourth-order valence-corrected chi connectivity index (χ4v) is 5.83. The van der Waals surface area contributed by atoms with E-state index < -0.39 is 30.4 Å². The van der Waals surface area contributed by atoms with Crippen LogP contribution in [0.1, 0.15) is 33.2 Å². The normalized spacial score (nSPS) is 27.7. The van der Waals surface area contributed by atoms with Crippen LogP contribution in [0.5, 0.6) is 0 Å². The van der Waals surface area contributed by atoms with Crippen LogP contribution in [-0.2, 0) is 25.4 Å². The smallest absolute Gasteiger partial charge is 0.327 e. The fourth-order valence-electron chi connectivity index (χ4n) is 3.56. The molecule has 0 bridgehead atoms. The number of nitrogens with zero attached hydrogens (tertiary/aromatic N) is 4. The number of anilines is 1. The molecule has 0 spiro atoms. The molecule has 4 atom stereocenters. The van der Waals surface area contributed by atoms with E-state index in [-0.39, 0.29) is 17.7 Å². The Bertz CT molecular complexity index is 922. The van der Waals surface area contributed by atoms with Crippen LogP contribution in [0, 0.1) is 5.41 Å². The van der Waals surface area contributed by atoms with E-state index in [9.17, 15) is 10.2 Å². The van der Waals surface area contributed by atoms with Crippen molar-refractivity contribution >= 4 is 47.1 Å². The predicted octanol–water partition coefficient (Wildman–Crippen LogP) is 2.05. The molecular formula is C16H25ClN5O5PS. The monoisotopic (exact) mass is 465 g/mol. The van der Waals surface area contributed by atoms with Gasteiger partial charge in [0.05, 0.1) is 38.3 Å². The zero-order valence-corrected chi connectivity index (χ0v) is 18.8. The Hall–Kier alpha value is -0.910. The Morgan fingerprint density at radius 2 is 1.97 bits per heavy atom. The Balaban J connectivity index is 1.85. The summed E-state index contributed by atoms with van der Waals surface area (Å²) in [5, 5.41) is 21.5. The van der Waals surface area contributed by atoms with Crippen LogP contribution in [0.3, 0.4) is 0 Å². The van der Waals surface area contributed by atoms with Gasteiger partial charge in [0.15, 0.2) is 11.5 Å². The number of halogens is 1. The van der Waals surface area contributed by atoms with Crippen molar-refractivity contribution in [2.75, 3.05) is 25.6 Å². The molecule has 0 aromatic carbocycles. The van der Waals surface area contributed by atoms with Gasteiger partial charge < -0.3 is 34.1 Å². The molecule has 1 aliphatic rings. The van der Waals surface area contributed by atoms with Crippen LogP contribution >= 0.6 is 18.3 Å². The molecule has 1 saturated carbocycles. The first-order valence-electron chi connectivity index (χ1n) is 9.19. The van der Waals surface area contributed by atoms with E-state index in [0.717, 1.165) is 0 Å². The van der Waals surface area contributed by atoms with Crippen molar-refractivity contribution in [3.63, 3.8) is 0 Å². The van der Waals surface area contributed by atoms with Gasteiger partial charge in [0.25, 0.3) is 0 Å². The number of rotatable bonds is 8. The Kier molecular flexibility index (Phi) is 6.82. The maximum atomic E-state index is 10.8. The number of fused-ring (bicyclic) bond motifs is 1. The molecule has 1 fully saturated rings. The van der Waals surface area contributed by atoms with Gasteiger partial charge in [-0.2, -0.15) is 9.97 Å². The fraction of sp³-hybridized carbons (Fsp3) is 0.688. The lowest BCUT2D eigenvalue weighted by molar-refractivity contribution is -0.0393. The summed E-state index contributed by atoms with van der Waals surface area (Å²) in [6.07, 6.45) is -0.292. The summed E-state index contributed by atoms with van der Waals surface area (Å²) in [6, 6.07) is -0.522. The highest BCUT2D eigenvalue weighted by Crippen LogP contribution is 2.53. The number of hydrogen-bond acceptors (Lipinski definition) is 10. The Morgan fingerprint density at radius 3 is 2.59 bits per heavy atom. The van der Waals surface area contributed by atoms with Gasteiger partial charge >= 0.3 is 6.72 Å². The van der Waals surface area contributed by atoms with E-state index >= 15 is 0 Å². The molecule has 13 heteroatoms. The van der Waals surface area contributed by atoms with Gasteiger partial charge in [0, 0.05) is 5.41 Å². The van der Waals surface area contributed by atoms with E-state index in [2.05, 4.69) is 15.0 Å². The molecule has 2 heterocycles. The van der Waals surface area contributed by atoms with Crippen LogP contribution in [-0.4, -0.2) is 61.8 Å². The summed E-state index contributed by atoms with van der Waals surface area (Å²) in [5.74, 6) is 0.145.